The van der Waals surface area contributed by atoms with Gasteiger partial charge in [0.1, 0.15) is 5.82 Å². The molecule has 0 unspecified atom stereocenters. The fourth-order valence-corrected chi connectivity index (χ4v) is 2.55. The van der Waals surface area contributed by atoms with E-state index in [2.05, 4.69) is 14.8 Å². The lowest BCUT2D eigenvalue weighted by Gasteiger charge is -2.07. The Bertz CT molecular complexity index is 681. The third kappa shape index (κ3) is 2.33. The summed E-state index contributed by atoms with van der Waals surface area (Å²) in [7, 11) is -2.47. The Balaban J connectivity index is 2.39. The number of aryl methyl sites for hydroxylation is 2. The van der Waals surface area contributed by atoms with E-state index in [0.717, 1.165) is 6.07 Å². The summed E-state index contributed by atoms with van der Waals surface area (Å²) < 4.78 is 40.8. The van der Waals surface area contributed by atoms with Crippen molar-refractivity contribution >= 4 is 15.8 Å². The van der Waals surface area contributed by atoms with Crippen molar-refractivity contribution in [1.82, 2.24) is 14.8 Å². The zero-order valence-electron chi connectivity index (χ0n) is 9.75. The summed E-state index contributed by atoms with van der Waals surface area (Å²) in [4.78, 5) is 3.53. The summed E-state index contributed by atoms with van der Waals surface area (Å²) >= 11 is 0. The van der Waals surface area contributed by atoms with Gasteiger partial charge in [-0.3, -0.25) is 9.40 Å². The fourth-order valence-electron chi connectivity index (χ4n) is 1.46. The molecule has 0 radical (unpaired) electrons. The maximum atomic E-state index is 13.4. The number of rotatable bonds is 3. The van der Waals surface area contributed by atoms with E-state index in [4.69, 9.17) is 0 Å². The van der Waals surface area contributed by atoms with E-state index in [1.807, 2.05) is 0 Å². The highest BCUT2D eigenvalue weighted by atomic mass is 32.2. The van der Waals surface area contributed by atoms with Gasteiger partial charge in [-0.1, -0.05) is 0 Å². The predicted octanol–water partition coefficient (Wildman–Crippen LogP) is 1.06. The number of sulfonamides is 1. The summed E-state index contributed by atoms with van der Waals surface area (Å²) in [6.45, 7) is 1.72. The molecule has 0 aromatic carbocycles. The number of aromatic nitrogens is 3. The molecule has 6 nitrogen and oxygen atoms in total. The number of hydrogen-bond donors (Lipinski definition) is 1. The van der Waals surface area contributed by atoms with Crippen LogP contribution in [0.3, 0.4) is 0 Å². The first-order chi connectivity index (χ1) is 8.40. The highest BCUT2D eigenvalue weighted by Gasteiger charge is 2.21. The molecule has 0 saturated heterocycles. The molecule has 2 aromatic heterocycles. The van der Waals surface area contributed by atoms with Gasteiger partial charge in [0.05, 0.1) is 5.69 Å². The highest BCUT2D eigenvalue weighted by molar-refractivity contribution is 7.92. The molecule has 0 bridgehead atoms. The van der Waals surface area contributed by atoms with E-state index in [-0.39, 0.29) is 5.82 Å². The molecule has 2 rings (SSSR count). The molecule has 0 atom stereocenters. The lowest BCUT2D eigenvalue weighted by Crippen LogP contribution is -2.18. The Hall–Kier alpha value is -1.96. The molecule has 0 amide bonds. The Morgan fingerprint density at radius 3 is 2.72 bits per heavy atom. The standard InChI is InChI=1S/C10H11FN4O2S/c1-7-6-9(15(2)13-7)14-18(16,17)10-8(11)4-3-5-12-10/h3-6,14H,1-2H3. The minimum Gasteiger partial charge on any atom is -0.262 e. The van der Waals surface area contributed by atoms with Crippen molar-refractivity contribution in [1.29, 1.82) is 0 Å². The molecule has 0 aliphatic heterocycles. The smallest absolute Gasteiger partial charge is 0.262 e. The molecule has 18 heavy (non-hydrogen) atoms. The molecule has 96 valence electrons. The first-order valence-corrected chi connectivity index (χ1v) is 6.52. The van der Waals surface area contributed by atoms with Crippen LogP contribution < -0.4 is 4.72 Å². The average Bonchev–Trinajstić information content (AvgIpc) is 2.57. The van der Waals surface area contributed by atoms with Crippen molar-refractivity contribution in [2.45, 2.75) is 11.9 Å². The zero-order chi connectivity index (χ0) is 13.3. The van der Waals surface area contributed by atoms with Crippen molar-refractivity contribution in [2.24, 2.45) is 7.05 Å². The van der Waals surface area contributed by atoms with Gasteiger partial charge in [-0.05, 0) is 19.1 Å². The molecular formula is C10H11FN4O2S. The molecule has 0 fully saturated rings. The summed E-state index contributed by atoms with van der Waals surface area (Å²) in [5.41, 5.74) is 0.650. The first kappa shape index (κ1) is 12.5. The van der Waals surface area contributed by atoms with Crippen LogP contribution in [0.4, 0.5) is 10.2 Å². The van der Waals surface area contributed by atoms with E-state index in [9.17, 15) is 12.8 Å². The van der Waals surface area contributed by atoms with Gasteiger partial charge in [0.2, 0.25) is 5.03 Å². The van der Waals surface area contributed by atoms with E-state index in [1.54, 1.807) is 20.0 Å². The van der Waals surface area contributed by atoms with Gasteiger partial charge in [0.25, 0.3) is 10.0 Å². The Labute approximate surface area is 104 Å². The summed E-state index contributed by atoms with van der Waals surface area (Å²) in [6, 6.07) is 3.90. The second-order valence-electron chi connectivity index (χ2n) is 3.69. The van der Waals surface area contributed by atoms with Crippen LogP contribution in [0.5, 0.6) is 0 Å². The Kier molecular flexibility index (Phi) is 3.04. The second kappa shape index (κ2) is 4.37. The van der Waals surface area contributed by atoms with Crippen LogP contribution in [-0.2, 0) is 17.1 Å². The largest absolute Gasteiger partial charge is 0.283 e. The van der Waals surface area contributed by atoms with Gasteiger partial charge in [-0.25, -0.2) is 9.37 Å². The molecule has 0 aliphatic rings. The fraction of sp³-hybridized carbons (Fsp3) is 0.200. The molecule has 1 N–H and O–H groups in total. The monoisotopic (exact) mass is 270 g/mol. The maximum absolute atomic E-state index is 13.4. The highest BCUT2D eigenvalue weighted by Crippen LogP contribution is 2.16. The van der Waals surface area contributed by atoms with Gasteiger partial charge >= 0.3 is 0 Å². The van der Waals surface area contributed by atoms with Gasteiger partial charge < -0.3 is 0 Å². The molecule has 2 heterocycles. The van der Waals surface area contributed by atoms with Gasteiger partial charge in [0.15, 0.2) is 5.82 Å². The molecule has 8 heteroatoms. The summed E-state index contributed by atoms with van der Waals surface area (Å²) in [5, 5.41) is 3.35. The lowest BCUT2D eigenvalue weighted by molar-refractivity contribution is 0.556. The van der Waals surface area contributed by atoms with E-state index < -0.39 is 20.9 Å². The average molecular weight is 270 g/mol. The van der Waals surface area contributed by atoms with Gasteiger partial charge in [-0.2, -0.15) is 13.5 Å². The molecule has 0 aliphatic carbocycles. The van der Waals surface area contributed by atoms with E-state index >= 15 is 0 Å². The lowest BCUT2D eigenvalue weighted by atomic mass is 10.5. The van der Waals surface area contributed by atoms with Crippen LogP contribution in [0.1, 0.15) is 5.69 Å². The number of halogens is 1. The number of anilines is 1. The zero-order valence-corrected chi connectivity index (χ0v) is 10.6. The van der Waals surface area contributed by atoms with Crippen molar-refractivity contribution in [2.75, 3.05) is 4.72 Å². The molecule has 0 saturated carbocycles. The summed E-state index contributed by atoms with van der Waals surface area (Å²) in [5.74, 6) is -0.651. The number of hydrogen-bond acceptors (Lipinski definition) is 4. The second-order valence-corrected chi connectivity index (χ2v) is 5.29. The van der Waals surface area contributed by atoms with Crippen LogP contribution in [0.15, 0.2) is 29.4 Å². The quantitative estimate of drug-likeness (QED) is 0.904. The van der Waals surface area contributed by atoms with Crippen molar-refractivity contribution in [3.63, 3.8) is 0 Å². The van der Waals surface area contributed by atoms with Crippen LogP contribution in [0.2, 0.25) is 0 Å². The van der Waals surface area contributed by atoms with Crippen molar-refractivity contribution in [3.05, 3.63) is 35.9 Å². The molecular weight excluding hydrogens is 259 g/mol. The van der Waals surface area contributed by atoms with E-state index in [0.29, 0.717) is 5.69 Å². The van der Waals surface area contributed by atoms with Crippen LogP contribution >= 0.6 is 0 Å². The third-order valence-corrected chi connectivity index (χ3v) is 3.51. The SMILES string of the molecule is Cc1cc(NS(=O)(=O)c2ncccc2F)n(C)n1. The minimum atomic E-state index is -4.05. The van der Waals surface area contributed by atoms with Crippen LogP contribution in [0, 0.1) is 12.7 Å². The maximum Gasteiger partial charge on any atom is 0.283 e. The third-order valence-electron chi connectivity index (χ3n) is 2.22. The van der Waals surface area contributed by atoms with E-state index in [1.165, 1.54) is 16.9 Å². The number of pyridine rings is 1. The molecule has 2 aromatic rings. The topological polar surface area (TPSA) is 76.9 Å². The molecule has 0 spiro atoms. The minimum absolute atomic E-state index is 0.248. The van der Waals surface area contributed by atoms with Crippen molar-refractivity contribution < 1.29 is 12.8 Å². The van der Waals surface area contributed by atoms with Crippen LogP contribution in [-0.4, -0.2) is 23.2 Å². The van der Waals surface area contributed by atoms with Gasteiger partial charge in [0, 0.05) is 19.3 Å². The Morgan fingerprint density at radius 2 is 2.17 bits per heavy atom. The van der Waals surface area contributed by atoms with Gasteiger partial charge in [-0.15, -0.1) is 0 Å². The Morgan fingerprint density at radius 1 is 1.44 bits per heavy atom. The van der Waals surface area contributed by atoms with Crippen LogP contribution in [0.25, 0.3) is 0 Å². The van der Waals surface area contributed by atoms with Crippen molar-refractivity contribution in [3.8, 4) is 0 Å². The predicted molar refractivity (Wildman–Crippen MR) is 62.9 cm³/mol. The number of nitrogens with one attached hydrogen (secondary N) is 1. The normalized spacial score (nSPS) is 11.5. The number of nitrogens with zero attached hydrogens (tertiary/aromatic N) is 3. The summed E-state index contributed by atoms with van der Waals surface area (Å²) in [6.07, 6.45) is 1.21. The first-order valence-electron chi connectivity index (χ1n) is 5.04.